The van der Waals surface area contributed by atoms with Crippen molar-refractivity contribution in [2.75, 3.05) is 0 Å². The first kappa shape index (κ1) is 16.2. The van der Waals surface area contributed by atoms with Gasteiger partial charge in [0, 0.05) is 0 Å². The van der Waals surface area contributed by atoms with E-state index in [9.17, 15) is 9.59 Å². The number of hydrogen-bond acceptors (Lipinski definition) is 4. The third-order valence-corrected chi connectivity index (χ3v) is 2.87. The highest BCUT2D eigenvalue weighted by Crippen LogP contribution is 2.06. The molecule has 112 valence electrons. The Morgan fingerprint density at radius 1 is 1.35 bits per heavy atom. The van der Waals surface area contributed by atoms with Crippen molar-refractivity contribution in [3.63, 3.8) is 0 Å². The number of nitrogens with one attached hydrogen (secondary N) is 2. The van der Waals surface area contributed by atoms with Crippen molar-refractivity contribution in [2.45, 2.75) is 45.8 Å². The molecule has 2 unspecified atom stereocenters. The smallest absolute Gasteiger partial charge is 0.320 e. The van der Waals surface area contributed by atoms with Crippen LogP contribution in [0.1, 0.15) is 33.0 Å². The fourth-order valence-electron chi connectivity index (χ4n) is 1.83. The van der Waals surface area contributed by atoms with Crippen molar-refractivity contribution >= 4 is 11.9 Å². The summed E-state index contributed by atoms with van der Waals surface area (Å²) < 4.78 is 5.11. The Kier molecular flexibility index (Phi) is 6.24. The number of carboxylic acids is 1. The van der Waals surface area contributed by atoms with Crippen LogP contribution in [0.2, 0.25) is 0 Å². The number of hydrogen-bond donors (Lipinski definition) is 3. The molecule has 0 fully saturated rings. The van der Waals surface area contributed by atoms with Gasteiger partial charge in [0.2, 0.25) is 5.91 Å². The van der Waals surface area contributed by atoms with Crippen LogP contribution in [0.5, 0.6) is 0 Å². The summed E-state index contributed by atoms with van der Waals surface area (Å²) in [7, 11) is 0. The fraction of sp³-hybridized carbons (Fsp3) is 0.571. The van der Waals surface area contributed by atoms with Crippen LogP contribution < -0.4 is 10.6 Å². The topological polar surface area (TPSA) is 91.6 Å². The van der Waals surface area contributed by atoms with E-state index >= 15 is 0 Å². The molecule has 0 radical (unpaired) electrons. The number of carboxylic acid groups (broad SMARTS) is 1. The lowest BCUT2D eigenvalue weighted by Gasteiger charge is -2.21. The average Bonchev–Trinajstić information content (AvgIpc) is 2.87. The molecule has 0 aliphatic carbocycles. The predicted molar refractivity (Wildman–Crippen MR) is 74.0 cm³/mol. The number of carbonyl (C=O) groups is 2. The first-order valence-electron chi connectivity index (χ1n) is 6.69. The zero-order valence-electron chi connectivity index (χ0n) is 12.1. The lowest BCUT2D eigenvalue weighted by atomic mass is 10.0. The first-order chi connectivity index (χ1) is 9.40. The Bertz CT molecular complexity index is 428. The molecule has 0 spiro atoms. The van der Waals surface area contributed by atoms with Gasteiger partial charge in [-0.1, -0.05) is 13.8 Å². The zero-order valence-corrected chi connectivity index (χ0v) is 12.1. The minimum atomic E-state index is -0.940. The second-order valence-corrected chi connectivity index (χ2v) is 5.21. The number of amides is 1. The Balaban J connectivity index is 2.44. The van der Waals surface area contributed by atoms with Crippen molar-refractivity contribution in [3.05, 3.63) is 24.2 Å². The van der Waals surface area contributed by atoms with Crippen molar-refractivity contribution in [1.82, 2.24) is 10.6 Å². The number of rotatable bonds is 8. The maximum absolute atomic E-state index is 11.9. The van der Waals surface area contributed by atoms with E-state index in [0.29, 0.717) is 18.7 Å². The maximum atomic E-state index is 11.9. The van der Waals surface area contributed by atoms with E-state index in [4.69, 9.17) is 9.52 Å². The van der Waals surface area contributed by atoms with Gasteiger partial charge in [-0.05, 0) is 31.4 Å². The van der Waals surface area contributed by atoms with E-state index in [2.05, 4.69) is 10.6 Å². The molecule has 1 aromatic heterocycles. The van der Waals surface area contributed by atoms with Crippen LogP contribution in [-0.4, -0.2) is 29.1 Å². The Hall–Kier alpha value is -1.82. The van der Waals surface area contributed by atoms with Crippen LogP contribution in [0.25, 0.3) is 0 Å². The summed E-state index contributed by atoms with van der Waals surface area (Å²) in [6.45, 7) is 5.83. The summed E-state index contributed by atoms with van der Waals surface area (Å²) in [4.78, 5) is 23.0. The molecular formula is C14H22N2O4. The van der Waals surface area contributed by atoms with Crippen LogP contribution in [-0.2, 0) is 16.1 Å². The van der Waals surface area contributed by atoms with Gasteiger partial charge in [0.15, 0.2) is 0 Å². The fourth-order valence-corrected chi connectivity index (χ4v) is 1.83. The number of carbonyl (C=O) groups excluding carboxylic acids is 1. The maximum Gasteiger partial charge on any atom is 0.320 e. The molecule has 3 N–H and O–H groups in total. The third kappa shape index (κ3) is 5.44. The Labute approximate surface area is 118 Å². The van der Waals surface area contributed by atoms with Crippen molar-refractivity contribution in [3.8, 4) is 0 Å². The molecule has 0 aliphatic heterocycles. The molecule has 0 bridgehead atoms. The summed E-state index contributed by atoms with van der Waals surface area (Å²) in [5.74, 6) is -0.301. The molecule has 0 saturated carbocycles. The third-order valence-electron chi connectivity index (χ3n) is 2.87. The van der Waals surface area contributed by atoms with Crippen molar-refractivity contribution in [1.29, 1.82) is 0 Å². The van der Waals surface area contributed by atoms with Gasteiger partial charge >= 0.3 is 5.97 Å². The largest absolute Gasteiger partial charge is 0.480 e. The van der Waals surface area contributed by atoms with Gasteiger partial charge in [-0.15, -0.1) is 0 Å². The van der Waals surface area contributed by atoms with Crippen molar-refractivity contribution < 1.29 is 19.1 Å². The predicted octanol–water partition coefficient (Wildman–Crippen LogP) is 1.37. The molecule has 1 amide bonds. The highest BCUT2D eigenvalue weighted by atomic mass is 16.4. The monoisotopic (exact) mass is 282 g/mol. The highest BCUT2D eigenvalue weighted by Gasteiger charge is 2.23. The van der Waals surface area contributed by atoms with E-state index < -0.39 is 18.1 Å². The van der Waals surface area contributed by atoms with Gasteiger partial charge in [-0.25, -0.2) is 0 Å². The van der Waals surface area contributed by atoms with Gasteiger partial charge in [-0.2, -0.15) is 0 Å². The molecular weight excluding hydrogens is 260 g/mol. The Morgan fingerprint density at radius 3 is 2.55 bits per heavy atom. The average molecular weight is 282 g/mol. The number of furan rings is 1. The van der Waals surface area contributed by atoms with Gasteiger partial charge in [0.25, 0.3) is 0 Å². The second-order valence-electron chi connectivity index (χ2n) is 5.21. The van der Waals surface area contributed by atoms with Gasteiger partial charge in [0.05, 0.1) is 18.8 Å². The minimum absolute atomic E-state index is 0.238. The molecule has 20 heavy (non-hydrogen) atoms. The SMILES string of the molecule is CC(C)CC(NC(C)C(=O)NCc1ccco1)C(=O)O. The molecule has 0 saturated heterocycles. The normalized spacial score (nSPS) is 14.0. The zero-order chi connectivity index (χ0) is 15.1. The quantitative estimate of drug-likeness (QED) is 0.670. The summed E-state index contributed by atoms with van der Waals surface area (Å²) in [5.41, 5.74) is 0. The molecule has 2 atom stereocenters. The van der Waals surface area contributed by atoms with Crippen LogP contribution >= 0.6 is 0 Å². The molecule has 1 aromatic rings. The first-order valence-corrected chi connectivity index (χ1v) is 6.69. The lowest BCUT2D eigenvalue weighted by Crippen LogP contribution is -2.49. The molecule has 1 heterocycles. The Morgan fingerprint density at radius 2 is 2.05 bits per heavy atom. The number of aliphatic carboxylic acids is 1. The molecule has 0 aliphatic rings. The summed E-state index contributed by atoms with van der Waals surface area (Å²) in [6.07, 6.45) is 2.01. The lowest BCUT2D eigenvalue weighted by molar-refractivity contribution is -0.140. The van der Waals surface area contributed by atoms with Crippen LogP contribution in [0.3, 0.4) is 0 Å². The molecule has 0 aromatic carbocycles. The van der Waals surface area contributed by atoms with Gasteiger partial charge in [0.1, 0.15) is 11.8 Å². The van der Waals surface area contributed by atoms with Gasteiger partial charge in [-0.3, -0.25) is 14.9 Å². The molecule has 6 heteroatoms. The van der Waals surface area contributed by atoms with Gasteiger partial charge < -0.3 is 14.8 Å². The van der Waals surface area contributed by atoms with E-state index in [-0.39, 0.29) is 11.8 Å². The summed E-state index contributed by atoms with van der Waals surface area (Å²) in [6, 6.07) is 2.20. The van der Waals surface area contributed by atoms with Crippen LogP contribution in [0.4, 0.5) is 0 Å². The summed E-state index contributed by atoms with van der Waals surface area (Å²) >= 11 is 0. The minimum Gasteiger partial charge on any atom is -0.480 e. The van der Waals surface area contributed by atoms with E-state index in [0.717, 1.165) is 0 Å². The highest BCUT2D eigenvalue weighted by molar-refractivity contribution is 5.82. The molecule has 6 nitrogen and oxygen atoms in total. The van der Waals surface area contributed by atoms with Crippen LogP contribution in [0, 0.1) is 5.92 Å². The van der Waals surface area contributed by atoms with E-state index in [1.807, 2.05) is 13.8 Å². The van der Waals surface area contributed by atoms with Crippen molar-refractivity contribution in [2.24, 2.45) is 5.92 Å². The van der Waals surface area contributed by atoms with E-state index in [1.54, 1.807) is 19.1 Å². The summed E-state index contributed by atoms with van der Waals surface area (Å²) in [5, 5.41) is 14.7. The van der Waals surface area contributed by atoms with E-state index in [1.165, 1.54) is 6.26 Å². The van der Waals surface area contributed by atoms with Crippen LogP contribution in [0.15, 0.2) is 22.8 Å². The molecule has 1 rings (SSSR count). The standard InChI is InChI=1S/C14H22N2O4/c1-9(2)7-12(14(18)19)16-10(3)13(17)15-8-11-5-4-6-20-11/h4-6,9-10,12,16H,7-8H2,1-3H3,(H,15,17)(H,18,19). The second kappa shape index (κ2) is 7.69.